The minimum Gasteiger partial charge on any atom is -0.340 e. The SMILES string of the molecule is CC(N)C(C)C(=O)N(C)Cc1ccc(Br)s1. The largest absolute Gasteiger partial charge is 0.340 e. The summed E-state index contributed by atoms with van der Waals surface area (Å²) in [6, 6.07) is 3.91. The Kier molecular flexibility index (Phi) is 4.95. The predicted molar refractivity (Wildman–Crippen MR) is 71.3 cm³/mol. The molecule has 0 fully saturated rings. The van der Waals surface area contributed by atoms with Crippen LogP contribution in [0.1, 0.15) is 18.7 Å². The molecule has 0 saturated heterocycles. The zero-order valence-corrected chi connectivity index (χ0v) is 12.1. The number of nitrogens with zero attached hydrogens (tertiary/aromatic N) is 1. The van der Waals surface area contributed by atoms with Gasteiger partial charge in [0.2, 0.25) is 5.91 Å². The van der Waals surface area contributed by atoms with Crippen LogP contribution in [0.3, 0.4) is 0 Å². The molecule has 0 aliphatic rings. The third-order valence-electron chi connectivity index (χ3n) is 2.58. The average molecular weight is 305 g/mol. The van der Waals surface area contributed by atoms with Crippen molar-refractivity contribution in [3.63, 3.8) is 0 Å². The molecule has 0 spiro atoms. The zero-order valence-electron chi connectivity index (χ0n) is 9.74. The highest BCUT2D eigenvalue weighted by atomic mass is 79.9. The van der Waals surface area contributed by atoms with Crippen LogP contribution in [0.4, 0.5) is 0 Å². The standard InChI is InChI=1S/C11H17BrN2OS/c1-7(8(2)13)11(15)14(3)6-9-4-5-10(12)16-9/h4-5,7-8H,6,13H2,1-3H3. The number of hydrogen-bond acceptors (Lipinski definition) is 3. The van der Waals surface area contributed by atoms with Gasteiger partial charge in [0, 0.05) is 18.0 Å². The Morgan fingerprint density at radius 1 is 1.56 bits per heavy atom. The maximum atomic E-state index is 11.9. The number of carbonyl (C=O) groups excluding carboxylic acids is 1. The van der Waals surface area contributed by atoms with Crippen molar-refractivity contribution in [1.29, 1.82) is 0 Å². The van der Waals surface area contributed by atoms with E-state index in [2.05, 4.69) is 15.9 Å². The molecule has 0 aromatic carbocycles. The summed E-state index contributed by atoms with van der Waals surface area (Å²) in [4.78, 5) is 14.8. The van der Waals surface area contributed by atoms with Crippen molar-refractivity contribution in [1.82, 2.24) is 4.90 Å². The second-order valence-electron chi connectivity index (χ2n) is 4.05. The third kappa shape index (κ3) is 3.57. The highest BCUT2D eigenvalue weighted by Crippen LogP contribution is 2.23. The number of rotatable bonds is 4. The molecule has 1 amide bonds. The smallest absolute Gasteiger partial charge is 0.227 e. The van der Waals surface area contributed by atoms with Crippen molar-refractivity contribution < 1.29 is 4.79 Å². The molecule has 2 N–H and O–H groups in total. The molecule has 3 nitrogen and oxygen atoms in total. The lowest BCUT2D eigenvalue weighted by atomic mass is 10.0. The van der Waals surface area contributed by atoms with Crippen molar-refractivity contribution in [3.8, 4) is 0 Å². The molecule has 2 unspecified atom stereocenters. The fraction of sp³-hybridized carbons (Fsp3) is 0.545. The highest BCUT2D eigenvalue weighted by molar-refractivity contribution is 9.11. The molecular formula is C11H17BrN2OS. The molecule has 0 bridgehead atoms. The van der Waals surface area contributed by atoms with Gasteiger partial charge in [-0.3, -0.25) is 4.79 Å². The summed E-state index contributed by atoms with van der Waals surface area (Å²) in [7, 11) is 1.81. The van der Waals surface area contributed by atoms with Gasteiger partial charge in [0.15, 0.2) is 0 Å². The summed E-state index contributed by atoms with van der Waals surface area (Å²) in [6.45, 7) is 4.37. The van der Waals surface area contributed by atoms with Gasteiger partial charge in [-0.05, 0) is 35.0 Å². The molecule has 0 aliphatic heterocycles. The summed E-state index contributed by atoms with van der Waals surface area (Å²) in [5.74, 6) is -0.0343. The van der Waals surface area contributed by atoms with Crippen LogP contribution in [0, 0.1) is 5.92 Å². The van der Waals surface area contributed by atoms with E-state index < -0.39 is 0 Å². The number of halogens is 1. The van der Waals surface area contributed by atoms with Gasteiger partial charge in [0.1, 0.15) is 0 Å². The second kappa shape index (κ2) is 5.80. The van der Waals surface area contributed by atoms with E-state index in [0.29, 0.717) is 6.54 Å². The number of nitrogens with two attached hydrogens (primary N) is 1. The van der Waals surface area contributed by atoms with Gasteiger partial charge >= 0.3 is 0 Å². The Morgan fingerprint density at radius 3 is 2.62 bits per heavy atom. The van der Waals surface area contributed by atoms with E-state index in [1.54, 1.807) is 16.2 Å². The highest BCUT2D eigenvalue weighted by Gasteiger charge is 2.21. The van der Waals surface area contributed by atoms with Crippen molar-refractivity contribution >= 4 is 33.2 Å². The molecular weight excluding hydrogens is 288 g/mol. The maximum absolute atomic E-state index is 11.9. The van der Waals surface area contributed by atoms with Crippen LogP contribution in [0.25, 0.3) is 0 Å². The monoisotopic (exact) mass is 304 g/mol. The Balaban J connectivity index is 2.58. The van der Waals surface area contributed by atoms with E-state index >= 15 is 0 Å². The molecule has 1 rings (SSSR count). The van der Waals surface area contributed by atoms with Gasteiger partial charge in [-0.15, -0.1) is 11.3 Å². The average Bonchev–Trinajstić information content (AvgIpc) is 2.61. The van der Waals surface area contributed by atoms with E-state index in [4.69, 9.17) is 5.73 Å². The van der Waals surface area contributed by atoms with Gasteiger partial charge in [-0.1, -0.05) is 6.92 Å². The van der Waals surface area contributed by atoms with Crippen LogP contribution in [-0.4, -0.2) is 23.9 Å². The second-order valence-corrected chi connectivity index (χ2v) is 6.60. The number of carbonyl (C=O) groups is 1. The van der Waals surface area contributed by atoms with Crippen molar-refractivity contribution in [2.75, 3.05) is 7.05 Å². The number of hydrogen-bond donors (Lipinski definition) is 1. The van der Waals surface area contributed by atoms with Gasteiger partial charge in [0.05, 0.1) is 16.2 Å². The van der Waals surface area contributed by atoms with E-state index in [-0.39, 0.29) is 17.9 Å². The molecule has 0 aliphatic carbocycles. The first-order valence-corrected chi connectivity index (χ1v) is 6.77. The van der Waals surface area contributed by atoms with Crippen molar-refractivity contribution in [2.24, 2.45) is 11.7 Å². The van der Waals surface area contributed by atoms with Crippen LogP contribution in [-0.2, 0) is 11.3 Å². The Morgan fingerprint density at radius 2 is 2.19 bits per heavy atom. The lowest BCUT2D eigenvalue weighted by Gasteiger charge is -2.22. The summed E-state index contributed by atoms with van der Waals surface area (Å²) >= 11 is 5.05. The fourth-order valence-corrected chi connectivity index (χ4v) is 2.86. The first-order valence-electron chi connectivity index (χ1n) is 5.16. The summed E-state index contributed by atoms with van der Waals surface area (Å²) < 4.78 is 1.09. The summed E-state index contributed by atoms with van der Waals surface area (Å²) in [6.07, 6.45) is 0. The number of amides is 1. The van der Waals surface area contributed by atoms with E-state index in [1.165, 1.54) is 4.88 Å². The molecule has 1 heterocycles. The predicted octanol–water partition coefficient (Wildman–Crippen LogP) is 2.45. The molecule has 90 valence electrons. The van der Waals surface area contributed by atoms with Crippen LogP contribution in [0.5, 0.6) is 0 Å². The number of thiophene rings is 1. The van der Waals surface area contributed by atoms with Crippen molar-refractivity contribution in [2.45, 2.75) is 26.4 Å². The van der Waals surface area contributed by atoms with Crippen LogP contribution < -0.4 is 5.73 Å². The Bertz CT molecular complexity index is 365. The van der Waals surface area contributed by atoms with Crippen LogP contribution in [0.15, 0.2) is 15.9 Å². The third-order valence-corrected chi connectivity index (χ3v) is 4.18. The summed E-state index contributed by atoms with van der Waals surface area (Å²) in [5, 5.41) is 0. The molecule has 0 radical (unpaired) electrons. The first-order chi connectivity index (χ1) is 7.41. The van der Waals surface area contributed by atoms with Crippen molar-refractivity contribution in [3.05, 3.63) is 20.8 Å². The molecule has 1 aromatic heterocycles. The first kappa shape index (κ1) is 13.7. The topological polar surface area (TPSA) is 46.3 Å². The lowest BCUT2D eigenvalue weighted by molar-refractivity contribution is -0.134. The Hall–Kier alpha value is -0.390. The van der Waals surface area contributed by atoms with Crippen LogP contribution >= 0.6 is 27.3 Å². The maximum Gasteiger partial charge on any atom is 0.227 e. The van der Waals surface area contributed by atoms with Crippen LogP contribution in [0.2, 0.25) is 0 Å². The lowest BCUT2D eigenvalue weighted by Crippen LogP contribution is -2.39. The Labute approximate surface area is 109 Å². The molecule has 0 saturated carbocycles. The summed E-state index contributed by atoms with van der Waals surface area (Å²) in [5.41, 5.74) is 5.72. The van der Waals surface area contributed by atoms with E-state index in [0.717, 1.165) is 3.79 Å². The van der Waals surface area contributed by atoms with Gasteiger partial charge < -0.3 is 10.6 Å². The van der Waals surface area contributed by atoms with E-state index in [1.807, 2.05) is 33.0 Å². The molecule has 1 aromatic rings. The molecule has 16 heavy (non-hydrogen) atoms. The zero-order chi connectivity index (χ0) is 12.3. The van der Waals surface area contributed by atoms with Gasteiger partial charge in [-0.2, -0.15) is 0 Å². The normalized spacial score (nSPS) is 14.6. The minimum absolute atomic E-state index is 0.0968. The van der Waals surface area contributed by atoms with Gasteiger partial charge in [-0.25, -0.2) is 0 Å². The minimum atomic E-state index is -0.131. The van der Waals surface area contributed by atoms with E-state index in [9.17, 15) is 4.79 Å². The quantitative estimate of drug-likeness (QED) is 0.929. The molecule has 2 atom stereocenters. The fourth-order valence-electron chi connectivity index (χ4n) is 1.32. The molecule has 5 heteroatoms. The van der Waals surface area contributed by atoms with Gasteiger partial charge in [0.25, 0.3) is 0 Å².